The van der Waals surface area contributed by atoms with Gasteiger partial charge in [0.25, 0.3) is 0 Å². The number of aliphatic hydroxyl groups is 1. The SMILES string of the molecule is COc1cc(C2Oc3cc(OC)c4c(c3CC2O)C(CCN2C=CNC2)Cc2cc(O)ccc2-4)cc(CCc2ccccc2)c1O. The number of phenols is 2. The molecule has 1 aliphatic carbocycles. The first-order valence-corrected chi connectivity index (χ1v) is 15.9. The molecule has 8 heteroatoms. The number of nitrogens with one attached hydrogen (secondary N) is 1. The third-order valence-electron chi connectivity index (χ3n) is 9.58. The van der Waals surface area contributed by atoms with Crippen LogP contribution in [0.4, 0.5) is 0 Å². The number of benzene rings is 4. The Labute approximate surface area is 269 Å². The number of aromatic hydroxyl groups is 2. The van der Waals surface area contributed by atoms with Gasteiger partial charge in [0.1, 0.15) is 23.4 Å². The summed E-state index contributed by atoms with van der Waals surface area (Å²) in [6.45, 7) is 1.64. The summed E-state index contributed by atoms with van der Waals surface area (Å²) >= 11 is 0. The van der Waals surface area contributed by atoms with E-state index in [2.05, 4.69) is 28.5 Å². The number of phenolic OH excluding ortho intramolecular Hbond substituents is 2. The van der Waals surface area contributed by atoms with Crippen LogP contribution in [0.25, 0.3) is 11.1 Å². The summed E-state index contributed by atoms with van der Waals surface area (Å²) in [5.41, 5.74) is 7.93. The van der Waals surface area contributed by atoms with E-state index < -0.39 is 12.2 Å². The maximum absolute atomic E-state index is 11.7. The van der Waals surface area contributed by atoms with Crippen LogP contribution in [0.2, 0.25) is 0 Å². The van der Waals surface area contributed by atoms with Crippen molar-refractivity contribution in [2.24, 2.45) is 0 Å². The van der Waals surface area contributed by atoms with Gasteiger partial charge in [-0.05, 0) is 89.2 Å². The van der Waals surface area contributed by atoms with E-state index in [-0.39, 0.29) is 17.4 Å². The average Bonchev–Trinajstić information content (AvgIpc) is 3.60. The Balaban J connectivity index is 1.27. The van der Waals surface area contributed by atoms with Gasteiger partial charge in [-0.15, -0.1) is 0 Å². The monoisotopic (exact) mass is 620 g/mol. The number of fused-ring (bicyclic) bond motifs is 5. The van der Waals surface area contributed by atoms with E-state index in [1.165, 1.54) is 12.7 Å². The van der Waals surface area contributed by atoms with Gasteiger partial charge >= 0.3 is 0 Å². The number of rotatable bonds is 9. The van der Waals surface area contributed by atoms with Crippen LogP contribution in [0, 0.1) is 0 Å². The summed E-state index contributed by atoms with van der Waals surface area (Å²) in [5.74, 6) is 2.25. The lowest BCUT2D eigenvalue weighted by molar-refractivity contribution is 0.0200. The molecule has 8 nitrogen and oxygen atoms in total. The summed E-state index contributed by atoms with van der Waals surface area (Å²) in [7, 11) is 3.21. The van der Waals surface area contributed by atoms with Crippen LogP contribution >= 0.6 is 0 Å². The molecule has 3 atom stereocenters. The molecule has 4 N–H and O–H groups in total. The molecular weight excluding hydrogens is 580 g/mol. The Morgan fingerprint density at radius 2 is 1.76 bits per heavy atom. The average molecular weight is 621 g/mol. The van der Waals surface area contributed by atoms with Crippen LogP contribution < -0.4 is 19.5 Å². The predicted molar refractivity (Wildman–Crippen MR) is 177 cm³/mol. The minimum absolute atomic E-state index is 0.110. The molecule has 7 rings (SSSR count). The molecule has 2 heterocycles. The number of methoxy groups -OCH3 is 2. The highest BCUT2D eigenvalue weighted by molar-refractivity contribution is 5.83. The Kier molecular flexibility index (Phi) is 8.13. The van der Waals surface area contributed by atoms with Crippen molar-refractivity contribution in [1.82, 2.24) is 10.2 Å². The van der Waals surface area contributed by atoms with Crippen LogP contribution in [0.15, 0.2) is 79.1 Å². The highest BCUT2D eigenvalue weighted by Gasteiger charge is 2.38. The maximum Gasteiger partial charge on any atom is 0.161 e. The molecule has 0 saturated carbocycles. The van der Waals surface area contributed by atoms with Gasteiger partial charge in [-0.3, -0.25) is 0 Å². The maximum atomic E-state index is 11.7. The zero-order valence-electron chi connectivity index (χ0n) is 26.2. The van der Waals surface area contributed by atoms with Crippen LogP contribution in [-0.2, 0) is 25.7 Å². The topological polar surface area (TPSA) is 104 Å². The van der Waals surface area contributed by atoms with Gasteiger partial charge in [-0.2, -0.15) is 0 Å². The van der Waals surface area contributed by atoms with Crippen LogP contribution in [0.1, 0.15) is 51.8 Å². The van der Waals surface area contributed by atoms with Crippen molar-refractivity contribution in [2.75, 3.05) is 27.4 Å². The Bertz CT molecular complexity index is 1770. The van der Waals surface area contributed by atoms with E-state index in [0.717, 1.165) is 71.4 Å². The quantitative estimate of drug-likeness (QED) is 0.182. The van der Waals surface area contributed by atoms with Gasteiger partial charge in [0, 0.05) is 42.6 Å². The molecule has 3 aliphatic rings. The molecule has 0 spiro atoms. The van der Waals surface area contributed by atoms with Crippen molar-refractivity contribution in [3.05, 3.63) is 113 Å². The molecule has 0 saturated heterocycles. The molecule has 0 radical (unpaired) electrons. The molecule has 4 aromatic carbocycles. The molecule has 0 amide bonds. The summed E-state index contributed by atoms with van der Waals surface area (Å²) in [5, 5.41) is 36.3. The Morgan fingerprint density at radius 3 is 2.52 bits per heavy atom. The van der Waals surface area contributed by atoms with Gasteiger partial charge in [0.15, 0.2) is 11.5 Å². The normalized spacial score (nSPS) is 19.5. The third kappa shape index (κ3) is 5.58. The zero-order valence-corrected chi connectivity index (χ0v) is 26.2. The van der Waals surface area contributed by atoms with Crippen molar-refractivity contribution < 1.29 is 29.5 Å². The highest BCUT2D eigenvalue weighted by Crippen LogP contribution is 2.53. The first-order chi connectivity index (χ1) is 22.4. The smallest absolute Gasteiger partial charge is 0.161 e. The van der Waals surface area contributed by atoms with Gasteiger partial charge in [0.2, 0.25) is 0 Å². The van der Waals surface area contributed by atoms with E-state index in [4.69, 9.17) is 14.2 Å². The number of aryl methyl sites for hydroxylation is 2. The van der Waals surface area contributed by atoms with Gasteiger partial charge in [-0.25, -0.2) is 0 Å². The molecule has 0 aromatic heterocycles. The van der Waals surface area contributed by atoms with E-state index in [1.807, 2.05) is 48.7 Å². The van der Waals surface area contributed by atoms with E-state index in [0.29, 0.717) is 30.1 Å². The fourth-order valence-corrected chi connectivity index (χ4v) is 7.31. The van der Waals surface area contributed by atoms with E-state index in [1.54, 1.807) is 19.2 Å². The minimum atomic E-state index is -0.825. The Hall–Kier alpha value is -4.82. The molecular formula is C38H40N2O6. The van der Waals surface area contributed by atoms with Crippen molar-refractivity contribution in [3.8, 4) is 39.9 Å². The molecule has 0 fully saturated rings. The lowest BCUT2D eigenvalue weighted by Gasteiger charge is -2.38. The van der Waals surface area contributed by atoms with Crippen molar-refractivity contribution >= 4 is 0 Å². The largest absolute Gasteiger partial charge is 0.508 e. The molecule has 0 bridgehead atoms. The third-order valence-corrected chi connectivity index (χ3v) is 9.58. The van der Waals surface area contributed by atoms with E-state index >= 15 is 0 Å². The van der Waals surface area contributed by atoms with Crippen molar-refractivity contribution in [2.45, 2.75) is 50.2 Å². The summed E-state index contributed by atoms with van der Waals surface area (Å²) in [6, 6.07) is 21.3. The van der Waals surface area contributed by atoms with Crippen LogP contribution in [0.3, 0.4) is 0 Å². The number of hydrogen-bond acceptors (Lipinski definition) is 8. The lowest BCUT2D eigenvalue weighted by atomic mass is 9.73. The predicted octanol–water partition coefficient (Wildman–Crippen LogP) is 5.97. The molecule has 46 heavy (non-hydrogen) atoms. The summed E-state index contributed by atoms with van der Waals surface area (Å²) in [6.07, 6.45) is 5.97. The van der Waals surface area contributed by atoms with Crippen molar-refractivity contribution in [1.29, 1.82) is 0 Å². The number of nitrogens with zero attached hydrogens (tertiary/aromatic N) is 1. The van der Waals surface area contributed by atoms with Crippen LogP contribution in [0.5, 0.6) is 28.7 Å². The molecule has 2 aliphatic heterocycles. The van der Waals surface area contributed by atoms with Crippen molar-refractivity contribution in [3.63, 3.8) is 0 Å². The molecule has 238 valence electrons. The second-order valence-corrected chi connectivity index (χ2v) is 12.4. The number of ether oxygens (including phenoxy) is 3. The standard InChI is InChI=1S/C38H40N2O6/c1-44-33-21-32-30(35-24(12-14-40-15-13-39-22-40)16-26-18-28(41)10-11-29(26)36(33)35)20-31(42)38(46-32)27-17-25(37(43)34(19-27)45-2)9-8-23-6-4-3-5-7-23/h3-7,10-11,13,15,17-19,21,24,31,38-39,41-43H,8-9,12,14,16,20,22H2,1-2H3. The molecule has 3 unspecified atom stereocenters. The van der Waals surface area contributed by atoms with Gasteiger partial charge in [-0.1, -0.05) is 36.4 Å². The summed E-state index contributed by atoms with van der Waals surface area (Å²) in [4.78, 5) is 2.25. The zero-order chi connectivity index (χ0) is 31.8. The van der Waals surface area contributed by atoms with Gasteiger partial charge < -0.3 is 39.7 Å². The Morgan fingerprint density at radius 1 is 0.935 bits per heavy atom. The first kappa shape index (κ1) is 29.9. The minimum Gasteiger partial charge on any atom is -0.508 e. The number of aliphatic hydroxyl groups excluding tert-OH is 1. The second kappa shape index (κ2) is 12.5. The molecule has 4 aromatic rings. The first-order valence-electron chi connectivity index (χ1n) is 15.9. The second-order valence-electron chi connectivity index (χ2n) is 12.4. The number of hydrogen-bond donors (Lipinski definition) is 4. The van der Waals surface area contributed by atoms with Crippen LogP contribution in [-0.4, -0.2) is 53.8 Å². The summed E-state index contributed by atoms with van der Waals surface area (Å²) < 4.78 is 18.3. The lowest BCUT2D eigenvalue weighted by Crippen LogP contribution is -2.32. The van der Waals surface area contributed by atoms with E-state index in [9.17, 15) is 15.3 Å². The fraction of sp³-hybridized carbons (Fsp3) is 0.316. The highest BCUT2D eigenvalue weighted by atomic mass is 16.5. The van der Waals surface area contributed by atoms with Gasteiger partial charge in [0.05, 0.1) is 27.0 Å². The fourth-order valence-electron chi connectivity index (χ4n) is 7.31.